The van der Waals surface area contributed by atoms with Crippen molar-refractivity contribution in [2.24, 2.45) is 0 Å². The SMILES string of the molecule is O=C1CCC(c2c(F)cc(N3CC(OC(=O)N4CCC(F)(F)CC4)C3)cc2F)C(=O)N1. The summed E-state index contributed by atoms with van der Waals surface area (Å²) in [4.78, 5) is 38.1. The molecule has 3 amide bonds. The zero-order chi connectivity index (χ0) is 22.3. The standard InChI is InChI=1S/C20H21F4N3O4/c21-14-7-11(8-15(22)17(14)13-1-2-16(28)25-18(13)29)27-9-12(10-27)31-19(30)26-5-3-20(23,24)4-6-26/h7-8,12-13H,1-6,9-10H2,(H,25,28,29). The number of nitrogens with one attached hydrogen (secondary N) is 1. The summed E-state index contributed by atoms with van der Waals surface area (Å²) < 4.78 is 60.9. The molecule has 1 unspecified atom stereocenters. The van der Waals surface area contributed by atoms with E-state index in [1.807, 2.05) is 0 Å². The molecule has 1 N–H and O–H groups in total. The van der Waals surface area contributed by atoms with Gasteiger partial charge >= 0.3 is 6.09 Å². The molecule has 0 saturated carbocycles. The molecular weight excluding hydrogens is 422 g/mol. The lowest BCUT2D eigenvalue weighted by molar-refractivity contribution is -0.134. The second-order valence-corrected chi connectivity index (χ2v) is 8.08. The van der Waals surface area contributed by atoms with Crippen LogP contribution in [0.5, 0.6) is 0 Å². The molecule has 7 nitrogen and oxygen atoms in total. The Morgan fingerprint density at radius 2 is 1.71 bits per heavy atom. The summed E-state index contributed by atoms with van der Waals surface area (Å²) in [6, 6.07) is 2.21. The van der Waals surface area contributed by atoms with E-state index in [-0.39, 0.29) is 50.3 Å². The van der Waals surface area contributed by atoms with Crippen LogP contribution >= 0.6 is 0 Å². The van der Waals surface area contributed by atoms with Crippen molar-refractivity contribution in [2.45, 2.75) is 43.6 Å². The Kier molecular flexibility index (Phi) is 5.52. The number of carbonyl (C=O) groups excluding carboxylic acids is 3. The van der Waals surface area contributed by atoms with Crippen LogP contribution in [0.25, 0.3) is 0 Å². The lowest BCUT2D eigenvalue weighted by Gasteiger charge is -2.41. The predicted octanol–water partition coefficient (Wildman–Crippen LogP) is 2.54. The van der Waals surface area contributed by atoms with E-state index in [0.29, 0.717) is 0 Å². The van der Waals surface area contributed by atoms with Crippen molar-refractivity contribution in [3.05, 3.63) is 29.3 Å². The number of amides is 3. The first-order chi connectivity index (χ1) is 14.6. The van der Waals surface area contributed by atoms with Crippen LogP contribution in [0.2, 0.25) is 0 Å². The van der Waals surface area contributed by atoms with E-state index in [2.05, 4.69) is 5.32 Å². The molecule has 1 atom stereocenters. The highest BCUT2D eigenvalue weighted by molar-refractivity contribution is 6.01. The van der Waals surface area contributed by atoms with Crippen molar-refractivity contribution in [2.75, 3.05) is 31.1 Å². The predicted molar refractivity (Wildman–Crippen MR) is 99.7 cm³/mol. The van der Waals surface area contributed by atoms with Crippen LogP contribution in [0, 0.1) is 11.6 Å². The van der Waals surface area contributed by atoms with Gasteiger partial charge in [-0.05, 0) is 18.6 Å². The van der Waals surface area contributed by atoms with E-state index in [1.165, 1.54) is 4.90 Å². The molecule has 3 aliphatic heterocycles. The van der Waals surface area contributed by atoms with E-state index in [4.69, 9.17) is 4.74 Å². The third-order valence-corrected chi connectivity index (χ3v) is 5.89. The molecular formula is C20H21F4N3O4. The topological polar surface area (TPSA) is 79.0 Å². The summed E-state index contributed by atoms with van der Waals surface area (Å²) >= 11 is 0. The summed E-state index contributed by atoms with van der Waals surface area (Å²) in [6.07, 6.45) is -1.97. The fraction of sp³-hybridized carbons (Fsp3) is 0.550. The van der Waals surface area contributed by atoms with E-state index in [1.54, 1.807) is 4.90 Å². The maximum atomic E-state index is 14.6. The Labute approximate surface area is 175 Å². The third kappa shape index (κ3) is 4.45. The van der Waals surface area contributed by atoms with Crippen LogP contribution in [-0.2, 0) is 14.3 Å². The second kappa shape index (κ2) is 8.01. The number of benzene rings is 1. The Bertz CT molecular complexity index is 887. The molecule has 3 aliphatic rings. The smallest absolute Gasteiger partial charge is 0.410 e. The number of hydrogen-bond donors (Lipinski definition) is 1. The molecule has 3 fully saturated rings. The first-order valence-corrected chi connectivity index (χ1v) is 10.0. The molecule has 31 heavy (non-hydrogen) atoms. The molecule has 168 valence electrons. The Hall–Kier alpha value is -2.85. The maximum Gasteiger partial charge on any atom is 0.410 e. The Balaban J connectivity index is 1.34. The highest BCUT2D eigenvalue weighted by Crippen LogP contribution is 2.34. The number of piperidine rings is 2. The number of ether oxygens (including phenoxy) is 1. The van der Waals surface area contributed by atoms with Gasteiger partial charge in [-0.2, -0.15) is 0 Å². The molecule has 1 aromatic carbocycles. The number of hydrogen-bond acceptors (Lipinski definition) is 5. The van der Waals surface area contributed by atoms with E-state index in [0.717, 1.165) is 12.1 Å². The number of carbonyl (C=O) groups is 3. The summed E-state index contributed by atoms with van der Waals surface area (Å²) in [7, 11) is 0. The van der Waals surface area contributed by atoms with Crippen molar-refractivity contribution >= 4 is 23.6 Å². The van der Waals surface area contributed by atoms with Crippen LogP contribution in [-0.4, -0.2) is 61.0 Å². The van der Waals surface area contributed by atoms with Gasteiger partial charge in [-0.25, -0.2) is 22.4 Å². The zero-order valence-electron chi connectivity index (χ0n) is 16.5. The minimum atomic E-state index is -2.77. The quantitative estimate of drug-likeness (QED) is 0.574. The van der Waals surface area contributed by atoms with E-state index in [9.17, 15) is 31.9 Å². The van der Waals surface area contributed by atoms with Gasteiger partial charge in [0.25, 0.3) is 5.92 Å². The van der Waals surface area contributed by atoms with Gasteiger partial charge in [0, 0.05) is 43.6 Å². The molecule has 0 aromatic heterocycles. The highest BCUT2D eigenvalue weighted by Gasteiger charge is 2.39. The average Bonchev–Trinajstić information content (AvgIpc) is 2.65. The molecule has 11 heteroatoms. The monoisotopic (exact) mass is 443 g/mol. The van der Waals surface area contributed by atoms with Gasteiger partial charge in [0.2, 0.25) is 11.8 Å². The summed E-state index contributed by atoms with van der Waals surface area (Å²) in [5.74, 6) is -6.82. The third-order valence-electron chi connectivity index (χ3n) is 5.89. The summed E-state index contributed by atoms with van der Waals surface area (Å²) in [5, 5.41) is 2.08. The van der Waals surface area contributed by atoms with Crippen LogP contribution in [0.3, 0.4) is 0 Å². The van der Waals surface area contributed by atoms with Crippen molar-refractivity contribution in [1.29, 1.82) is 0 Å². The van der Waals surface area contributed by atoms with Crippen LogP contribution < -0.4 is 10.2 Å². The van der Waals surface area contributed by atoms with E-state index < -0.39 is 60.3 Å². The number of alkyl halides is 2. The molecule has 3 saturated heterocycles. The number of halogens is 4. The van der Waals surface area contributed by atoms with Gasteiger partial charge in [-0.15, -0.1) is 0 Å². The number of anilines is 1. The number of imide groups is 1. The molecule has 4 rings (SSSR count). The Morgan fingerprint density at radius 1 is 1.10 bits per heavy atom. The van der Waals surface area contributed by atoms with Crippen molar-refractivity contribution in [3.8, 4) is 0 Å². The van der Waals surface area contributed by atoms with Gasteiger partial charge in [0.1, 0.15) is 17.7 Å². The van der Waals surface area contributed by atoms with Gasteiger partial charge < -0.3 is 14.5 Å². The summed E-state index contributed by atoms with van der Waals surface area (Å²) in [5.41, 5.74) is -0.143. The molecule has 1 aromatic rings. The van der Waals surface area contributed by atoms with Gasteiger partial charge in [0.15, 0.2) is 0 Å². The largest absolute Gasteiger partial charge is 0.442 e. The molecule has 0 bridgehead atoms. The van der Waals surface area contributed by atoms with Crippen molar-refractivity contribution in [3.63, 3.8) is 0 Å². The number of rotatable bonds is 3. The summed E-state index contributed by atoms with van der Waals surface area (Å²) in [6.45, 7) is 0.236. The maximum absolute atomic E-state index is 14.6. The van der Waals surface area contributed by atoms with Crippen molar-refractivity contribution in [1.82, 2.24) is 10.2 Å². The molecule has 0 spiro atoms. The zero-order valence-corrected chi connectivity index (χ0v) is 16.5. The number of likely N-dealkylation sites (tertiary alicyclic amines) is 1. The van der Waals surface area contributed by atoms with Crippen LogP contribution in [0.1, 0.15) is 37.2 Å². The Morgan fingerprint density at radius 3 is 2.29 bits per heavy atom. The van der Waals surface area contributed by atoms with Crippen LogP contribution in [0.15, 0.2) is 12.1 Å². The van der Waals surface area contributed by atoms with Gasteiger partial charge in [-0.3, -0.25) is 14.9 Å². The minimum absolute atomic E-state index is 0.00483. The van der Waals surface area contributed by atoms with Gasteiger partial charge in [0.05, 0.1) is 19.0 Å². The number of nitrogens with zero attached hydrogens (tertiary/aromatic N) is 2. The lowest BCUT2D eigenvalue weighted by atomic mass is 9.89. The fourth-order valence-corrected chi connectivity index (χ4v) is 4.01. The molecule has 3 heterocycles. The van der Waals surface area contributed by atoms with Crippen LogP contribution in [0.4, 0.5) is 28.0 Å². The first-order valence-electron chi connectivity index (χ1n) is 10.0. The van der Waals surface area contributed by atoms with Crippen molar-refractivity contribution < 1.29 is 36.7 Å². The fourth-order valence-electron chi connectivity index (χ4n) is 4.01. The minimum Gasteiger partial charge on any atom is -0.442 e. The lowest BCUT2D eigenvalue weighted by Crippen LogP contribution is -2.55. The second-order valence-electron chi connectivity index (χ2n) is 8.08. The average molecular weight is 443 g/mol. The first kappa shape index (κ1) is 21.4. The van der Waals surface area contributed by atoms with Gasteiger partial charge in [-0.1, -0.05) is 0 Å². The van der Waals surface area contributed by atoms with E-state index >= 15 is 0 Å². The molecule has 0 aliphatic carbocycles. The normalized spacial score (nSPS) is 23.9. The molecule has 0 radical (unpaired) electrons. The highest BCUT2D eigenvalue weighted by atomic mass is 19.3.